The Hall–Kier alpha value is -4.86. The van der Waals surface area contributed by atoms with Crippen LogP contribution in [0.2, 0.25) is 0 Å². The van der Waals surface area contributed by atoms with Gasteiger partial charge in [0.25, 0.3) is 0 Å². The van der Waals surface area contributed by atoms with Gasteiger partial charge in [0.2, 0.25) is 0 Å². The fourth-order valence-electron chi connectivity index (χ4n) is 6.52. The Morgan fingerprint density at radius 2 is 0.929 bits per heavy atom. The van der Waals surface area contributed by atoms with Crippen molar-refractivity contribution >= 4 is 44.8 Å². The molecule has 4 unspecified atom stereocenters. The van der Waals surface area contributed by atoms with Crippen molar-refractivity contribution in [1.82, 2.24) is 20.6 Å². The van der Waals surface area contributed by atoms with Crippen LogP contribution in [-0.2, 0) is 21.0 Å². The van der Waals surface area contributed by atoms with Gasteiger partial charge >= 0.3 is 21.0 Å². The zero-order valence-electron chi connectivity index (χ0n) is 22.3. The third-order valence-corrected chi connectivity index (χ3v) is 8.42. The van der Waals surface area contributed by atoms with Gasteiger partial charge < -0.3 is 41.9 Å². The summed E-state index contributed by atoms with van der Waals surface area (Å²) in [6, 6.07) is 16.7. The van der Waals surface area contributed by atoms with Gasteiger partial charge in [0.05, 0.1) is 24.0 Å². The summed E-state index contributed by atoms with van der Waals surface area (Å²) in [6.45, 7) is 0. The van der Waals surface area contributed by atoms with Crippen LogP contribution in [0.5, 0.6) is 0 Å². The molecular weight excluding hydrogens is 563 g/mol. The predicted molar refractivity (Wildman–Crippen MR) is 161 cm³/mol. The van der Waals surface area contributed by atoms with E-state index in [9.17, 15) is 0 Å². The van der Waals surface area contributed by atoms with Crippen molar-refractivity contribution in [2.45, 2.75) is 12.3 Å². The number of rotatable bonds is 0. The molecule has 10 heteroatoms. The van der Waals surface area contributed by atoms with Crippen molar-refractivity contribution < 1.29 is 21.0 Å². The number of hydrogen-bond acceptors (Lipinski definition) is 7. The molecule has 8 bridgehead atoms. The van der Waals surface area contributed by atoms with Gasteiger partial charge in [-0.25, -0.2) is 0 Å². The van der Waals surface area contributed by atoms with Gasteiger partial charge in [-0.3, -0.25) is 0 Å². The molecule has 205 valence electrons. The number of aromatic nitrogens is 2. The summed E-state index contributed by atoms with van der Waals surface area (Å²) in [5.41, 5.74) is 2.38. The van der Waals surface area contributed by atoms with Gasteiger partial charge in [-0.05, 0) is 32.7 Å². The predicted octanol–water partition coefficient (Wildman–Crippen LogP) is 4.91. The van der Waals surface area contributed by atoms with Crippen LogP contribution in [0.15, 0.2) is 120 Å². The van der Waals surface area contributed by atoms with Crippen molar-refractivity contribution in [3.05, 3.63) is 120 Å². The molecule has 6 N–H and O–H groups in total. The first kappa shape index (κ1) is 24.9. The van der Waals surface area contributed by atoms with E-state index < -0.39 is 0 Å². The summed E-state index contributed by atoms with van der Waals surface area (Å²) in [4.78, 5) is 10.2. The van der Waals surface area contributed by atoms with Crippen LogP contribution < -0.4 is 41.9 Å². The molecule has 0 fully saturated rings. The van der Waals surface area contributed by atoms with Gasteiger partial charge in [0.15, 0.2) is 0 Å². The maximum atomic E-state index is 8.19. The number of anilines is 4. The number of fused-ring (bicyclic) bond motifs is 18. The molecule has 42 heavy (non-hydrogen) atoms. The standard InChI is InChI=1S/C32H26N8.O.V/c1-2-10-18-17(9-1)25-33-26(18)38-28-21-13-5-6-14-22(21)30(35-28)40-32-24-16-8-7-15-23(24)31(36-32)39-29-20-12-4-3-11-19(20)27(34-29)37-25;;/h1-17,23,25,31,33,36-40H;;/q-2;;+2. The summed E-state index contributed by atoms with van der Waals surface area (Å²) in [5.74, 6) is 5.51. The van der Waals surface area contributed by atoms with Gasteiger partial charge in [0, 0.05) is 35.1 Å². The van der Waals surface area contributed by atoms with Crippen LogP contribution in [0.4, 0.5) is 23.3 Å². The first-order valence-corrected chi connectivity index (χ1v) is 14.4. The van der Waals surface area contributed by atoms with Crippen molar-refractivity contribution in [3.8, 4) is 0 Å². The Morgan fingerprint density at radius 3 is 1.38 bits per heavy atom. The fourth-order valence-corrected chi connectivity index (χ4v) is 6.52. The van der Waals surface area contributed by atoms with Crippen LogP contribution in [0.3, 0.4) is 0 Å². The molecule has 9 rings (SSSR count). The van der Waals surface area contributed by atoms with E-state index in [1.165, 1.54) is 11.1 Å². The third kappa shape index (κ3) is 3.85. The molecule has 5 aliphatic rings. The molecule has 2 aromatic carbocycles. The van der Waals surface area contributed by atoms with Crippen molar-refractivity contribution in [2.75, 3.05) is 21.3 Å². The van der Waals surface area contributed by atoms with E-state index in [1.54, 1.807) is 0 Å². The number of nitrogens with one attached hydrogen (secondary N) is 6. The number of nitrogens with zero attached hydrogens (tertiary/aromatic N) is 2. The summed E-state index contributed by atoms with van der Waals surface area (Å²) < 4.78 is 8.19. The average Bonchev–Trinajstić information content (AvgIpc) is 3.78. The quantitative estimate of drug-likeness (QED) is 0.170. The van der Waals surface area contributed by atoms with Gasteiger partial charge in [-0.1, -0.05) is 97.1 Å². The van der Waals surface area contributed by atoms with Crippen LogP contribution in [-0.4, -0.2) is 12.3 Å². The molecule has 0 saturated heterocycles. The molecule has 0 spiro atoms. The normalized spacial score (nSPS) is 24.5. The first-order valence-electron chi connectivity index (χ1n) is 13.9. The van der Waals surface area contributed by atoms with E-state index in [2.05, 4.69) is 129 Å². The molecule has 9 nitrogen and oxygen atoms in total. The molecule has 3 aliphatic heterocycles. The van der Waals surface area contributed by atoms with Crippen molar-refractivity contribution in [2.24, 2.45) is 11.8 Å². The van der Waals surface area contributed by atoms with Crippen LogP contribution in [0.1, 0.15) is 0 Å². The zero-order valence-corrected chi connectivity index (χ0v) is 23.7. The minimum atomic E-state index is -0.0764. The van der Waals surface area contributed by atoms with Crippen LogP contribution in [0.25, 0.3) is 21.5 Å². The van der Waals surface area contributed by atoms with E-state index in [4.69, 9.17) is 13.6 Å². The monoisotopic (exact) mass is 589 g/mol. The fraction of sp³-hybridized carbons (Fsp3) is 0.125. The van der Waals surface area contributed by atoms with Crippen molar-refractivity contribution in [1.29, 1.82) is 0 Å². The van der Waals surface area contributed by atoms with Crippen LogP contribution >= 0.6 is 0 Å². The Labute approximate surface area is 251 Å². The van der Waals surface area contributed by atoms with Crippen molar-refractivity contribution in [3.63, 3.8) is 0 Å². The molecule has 0 radical (unpaired) electrons. The molecular formula is C32H26N8OV. The molecule has 0 amide bonds. The Balaban J connectivity index is 0.00000131. The van der Waals surface area contributed by atoms with E-state index in [0.717, 1.165) is 73.8 Å². The van der Waals surface area contributed by atoms with E-state index in [1.807, 2.05) is 0 Å². The molecule has 0 saturated carbocycles. The zero-order chi connectivity index (χ0) is 28.2. The maximum absolute atomic E-state index is 8.19. The molecule has 5 heterocycles. The SMILES string of the molecule is C1=CC2=C3Nc4[n-]c(c5ccccc45)NC4=C5C=CC=CC5C(N4)Nc4[n-]c(c5ccccc45)NC(N3)C2C=C1.[O]=[V+2]. The Bertz CT molecular complexity index is 1790. The van der Waals surface area contributed by atoms with E-state index >= 15 is 0 Å². The van der Waals surface area contributed by atoms with E-state index in [0.29, 0.717) is 0 Å². The summed E-state index contributed by atoms with van der Waals surface area (Å²) >= 11 is 1.06. The topological polar surface area (TPSA) is 117 Å². The minimum absolute atomic E-state index is 0.0764. The summed E-state index contributed by atoms with van der Waals surface area (Å²) in [5, 5.41) is 26.5. The van der Waals surface area contributed by atoms with Crippen LogP contribution in [0, 0.1) is 11.8 Å². The molecule has 2 aliphatic carbocycles. The second kappa shape index (κ2) is 9.90. The van der Waals surface area contributed by atoms with E-state index in [-0.39, 0.29) is 24.2 Å². The second-order valence-electron chi connectivity index (χ2n) is 10.7. The summed E-state index contributed by atoms with van der Waals surface area (Å²) in [7, 11) is 0. The number of allylic oxidation sites excluding steroid dienone is 6. The second-order valence-corrected chi connectivity index (χ2v) is 10.7. The van der Waals surface area contributed by atoms with Gasteiger partial charge in [-0.15, -0.1) is 0 Å². The number of benzene rings is 2. The van der Waals surface area contributed by atoms with Gasteiger partial charge in [-0.2, -0.15) is 0 Å². The first-order chi connectivity index (χ1) is 20.8. The summed E-state index contributed by atoms with van der Waals surface area (Å²) in [6.07, 6.45) is 17.0. The molecule has 4 aromatic rings. The Kier molecular flexibility index (Phi) is 5.87. The Morgan fingerprint density at radius 1 is 0.524 bits per heavy atom. The average molecular weight is 590 g/mol. The number of hydrogen-bond donors (Lipinski definition) is 6. The third-order valence-electron chi connectivity index (χ3n) is 8.42. The molecule has 4 atom stereocenters. The molecule has 2 aromatic heterocycles. The van der Waals surface area contributed by atoms with Gasteiger partial charge in [0.1, 0.15) is 0 Å².